The van der Waals surface area contributed by atoms with Crippen LogP contribution < -0.4 is 5.32 Å². The molecule has 0 radical (unpaired) electrons. The molecule has 4 heteroatoms. The topological polar surface area (TPSA) is 37.4 Å². The van der Waals surface area contributed by atoms with Crippen molar-refractivity contribution in [2.24, 2.45) is 5.92 Å². The van der Waals surface area contributed by atoms with Crippen molar-refractivity contribution >= 4 is 16.6 Å². The van der Waals surface area contributed by atoms with Gasteiger partial charge in [0.15, 0.2) is 0 Å². The predicted octanol–water partition coefficient (Wildman–Crippen LogP) is 3.46. The number of aryl methyl sites for hydroxylation is 1. The lowest BCUT2D eigenvalue weighted by Crippen LogP contribution is -2.41. The largest absolute Gasteiger partial charge is 0.382 e. The molecular formula is C20H27N3O. The fraction of sp³-hybridized carbons (Fsp3) is 0.550. The van der Waals surface area contributed by atoms with Crippen molar-refractivity contribution in [2.45, 2.75) is 32.2 Å². The molecule has 1 aromatic heterocycles. The summed E-state index contributed by atoms with van der Waals surface area (Å²) >= 11 is 0. The fourth-order valence-electron chi connectivity index (χ4n) is 4.02. The second kappa shape index (κ2) is 7.08. The number of hydrogen-bond acceptors (Lipinski definition) is 4. The molecule has 2 fully saturated rings. The molecule has 0 bridgehead atoms. The zero-order valence-electron chi connectivity index (χ0n) is 14.5. The maximum Gasteiger partial charge on any atom is 0.0751 e. The fourth-order valence-corrected chi connectivity index (χ4v) is 4.02. The predicted molar refractivity (Wildman–Crippen MR) is 98.5 cm³/mol. The number of benzene rings is 1. The average molecular weight is 325 g/mol. The van der Waals surface area contributed by atoms with E-state index in [1.165, 1.54) is 55.5 Å². The Bertz CT molecular complexity index is 688. The Morgan fingerprint density at radius 2 is 2.08 bits per heavy atom. The van der Waals surface area contributed by atoms with Crippen molar-refractivity contribution in [1.82, 2.24) is 9.88 Å². The third-order valence-corrected chi connectivity index (χ3v) is 5.46. The van der Waals surface area contributed by atoms with E-state index < -0.39 is 0 Å². The first-order valence-corrected chi connectivity index (χ1v) is 9.20. The van der Waals surface area contributed by atoms with E-state index >= 15 is 0 Å². The number of para-hydroxylation sites is 1. The Hall–Kier alpha value is -1.65. The highest BCUT2D eigenvalue weighted by Crippen LogP contribution is 2.26. The molecular weight excluding hydrogens is 298 g/mol. The third kappa shape index (κ3) is 3.40. The van der Waals surface area contributed by atoms with Crippen molar-refractivity contribution in [3.8, 4) is 0 Å². The smallest absolute Gasteiger partial charge is 0.0751 e. The molecule has 0 spiro atoms. The van der Waals surface area contributed by atoms with Gasteiger partial charge in [0.25, 0.3) is 0 Å². The minimum Gasteiger partial charge on any atom is -0.382 e. The van der Waals surface area contributed by atoms with Crippen LogP contribution in [0, 0.1) is 12.8 Å². The van der Waals surface area contributed by atoms with Crippen molar-refractivity contribution in [3.63, 3.8) is 0 Å². The number of nitrogens with zero attached hydrogens (tertiary/aromatic N) is 2. The first kappa shape index (κ1) is 15.9. The first-order chi connectivity index (χ1) is 11.8. The number of hydrogen-bond donors (Lipinski definition) is 1. The maximum absolute atomic E-state index is 5.50. The van der Waals surface area contributed by atoms with Crippen molar-refractivity contribution in [2.75, 3.05) is 38.2 Å². The molecule has 1 aromatic carbocycles. The van der Waals surface area contributed by atoms with E-state index in [4.69, 9.17) is 4.74 Å². The highest BCUT2D eigenvalue weighted by atomic mass is 16.5. The molecule has 1 N–H and O–H groups in total. The lowest BCUT2D eigenvalue weighted by molar-refractivity contribution is 0.154. The molecule has 2 saturated heterocycles. The van der Waals surface area contributed by atoms with E-state index in [0.29, 0.717) is 6.04 Å². The van der Waals surface area contributed by atoms with Gasteiger partial charge in [-0.05, 0) is 43.7 Å². The third-order valence-electron chi connectivity index (χ3n) is 5.46. The quantitative estimate of drug-likeness (QED) is 0.934. The number of fused-ring (bicyclic) bond motifs is 1. The highest BCUT2D eigenvalue weighted by molar-refractivity contribution is 5.92. The number of nitrogens with one attached hydrogen (secondary N) is 1. The van der Waals surface area contributed by atoms with Gasteiger partial charge in [-0.15, -0.1) is 0 Å². The van der Waals surface area contributed by atoms with Gasteiger partial charge in [-0.2, -0.15) is 0 Å². The van der Waals surface area contributed by atoms with Crippen molar-refractivity contribution in [3.05, 3.63) is 36.0 Å². The van der Waals surface area contributed by atoms with Gasteiger partial charge in [-0.25, -0.2) is 0 Å². The molecule has 2 aliphatic heterocycles. The van der Waals surface area contributed by atoms with Crippen LogP contribution in [0.4, 0.5) is 5.69 Å². The van der Waals surface area contributed by atoms with E-state index in [2.05, 4.69) is 46.4 Å². The minimum absolute atomic E-state index is 0.562. The van der Waals surface area contributed by atoms with E-state index in [9.17, 15) is 0 Å². The molecule has 2 aliphatic rings. The standard InChI is InChI=1S/C20H27N3O/c1-15-3-2-4-18-19(5-9-21-20(15)18)22-17-6-10-23(11-7-17)13-16-8-12-24-14-16/h2-5,9,16-17H,6-8,10-14H2,1H3,(H,21,22). The van der Waals surface area contributed by atoms with Gasteiger partial charge in [0, 0.05) is 49.6 Å². The maximum atomic E-state index is 5.50. The Balaban J connectivity index is 1.38. The summed E-state index contributed by atoms with van der Waals surface area (Å²) in [4.78, 5) is 7.16. The van der Waals surface area contributed by atoms with Gasteiger partial charge in [0.05, 0.1) is 12.1 Å². The molecule has 4 nitrogen and oxygen atoms in total. The van der Waals surface area contributed by atoms with Crippen LogP contribution in [0.5, 0.6) is 0 Å². The number of anilines is 1. The van der Waals surface area contributed by atoms with Crippen LogP contribution in [0.1, 0.15) is 24.8 Å². The number of rotatable bonds is 4. The molecule has 1 atom stereocenters. The van der Waals surface area contributed by atoms with Gasteiger partial charge in [-0.3, -0.25) is 4.98 Å². The van der Waals surface area contributed by atoms with Crippen LogP contribution in [0.2, 0.25) is 0 Å². The van der Waals surface area contributed by atoms with Gasteiger partial charge in [0.1, 0.15) is 0 Å². The highest BCUT2D eigenvalue weighted by Gasteiger charge is 2.24. The van der Waals surface area contributed by atoms with E-state index in [1.54, 1.807) is 0 Å². The Labute approximate surface area is 144 Å². The minimum atomic E-state index is 0.562. The van der Waals surface area contributed by atoms with Crippen LogP contribution in [-0.4, -0.2) is 48.8 Å². The normalized spacial score (nSPS) is 23.0. The number of pyridine rings is 1. The lowest BCUT2D eigenvalue weighted by Gasteiger charge is -2.34. The summed E-state index contributed by atoms with van der Waals surface area (Å²) in [5.41, 5.74) is 3.58. The van der Waals surface area contributed by atoms with Gasteiger partial charge < -0.3 is 15.0 Å². The number of ether oxygens (including phenoxy) is 1. The first-order valence-electron chi connectivity index (χ1n) is 9.20. The molecule has 0 amide bonds. The van der Waals surface area contributed by atoms with Crippen molar-refractivity contribution in [1.29, 1.82) is 0 Å². The SMILES string of the molecule is Cc1cccc2c(NC3CCN(CC4CCOC4)CC3)ccnc12. The molecule has 0 aliphatic carbocycles. The van der Waals surface area contributed by atoms with E-state index in [1.807, 2.05) is 6.20 Å². The van der Waals surface area contributed by atoms with Gasteiger partial charge in [0.2, 0.25) is 0 Å². The molecule has 0 saturated carbocycles. The Morgan fingerprint density at radius 1 is 1.21 bits per heavy atom. The zero-order valence-corrected chi connectivity index (χ0v) is 14.5. The van der Waals surface area contributed by atoms with Gasteiger partial charge >= 0.3 is 0 Å². The molecule has 1 unspecified atom stereocenters. The van der Waals surface area contributed by atoms with Crippen molar-refractivity contribution < 1.29 is 4.74 Å². The van der Waals surface area contributed by atoms with Crippen LogP contribution in [0.25, 0.3) is 10.9 Å². The summed E-state index contributed by atoms with van der Waals surface area (Å²) in [6, 6.07) is 9.10. The summed E-state index contributed by atoms with van der Waals surface area (Å²) in [6.07, 6.45) is 5.58. The molecule has 128 valence electrons. The number of aromatic nitrogens is 1. The van der Waals surface area contributed by atoms with Crippen LogP contribution in [-0.2, 0) is 4.74 Å². The molecule has 2 aromatic rings. The number of piperidine rings is 1. The summed E-state index contributed by atoms with van der Waals surface area (Å²) in [6.45, 7) is 7.64. The average Bonchev–Trinajstić information content (AvgIpc) is 3.11. The lowest BCUT2D eigenvalue weighted by atomic mass is 10.0. The second-order valence-electron chi connectivity index (χ2n) is 7.28. The zero-order chi connectivity index (χ0) is 16.4. The molecule has 4 rings (SSSR count). The molecule has 3 heterocycles. The summed E-state index contributed by atoms with van der Waals surface area (Å²) < 4.78 is 5.50. The number of likely N-dealkylation sites (tertiary alicyclic amines) is 1. The Kier molecular flexibility index (Phi) is 4.67. The van der Waals surface area contributed by atoms with Crippen LogP contribution in [0.3, 0.4) is 0 Å². The van der Waals surface area contributed by atoms with Crippen LogP contribution >= 0.6 is 0 Å². The second-order valence-corrected chi connectivity index (χ2v) is 7.28. The van der Waals surface area contributed by atoms with E-state index in [0.717, 1.165) is 24.6 Å². The monoisotopic (exact) mass is 325 g/mol. The van der Waals surface area contributed by atoms with Gasteiger partial charge in [-0.1, -0.05) is 18.2 Å². The van der Waals surface area contributed by atoms with Crippen LogP contribution in [0.15, 0.2) is 30.5 Å². The van der Waals surface area contributed by atoms with E-state index in [-0.39, 0.29) is 0 Å². The summed E-state index contributed by atoms with van der Waals surface area (Å²) in [5.74, 6) is 0.752. The summed E-state index contributed by atoms with van der Waals surface area (Å²) in [7, 11) is 0. The Morgan fingerprint density at radius 3 is 2.88 bits per heavy atom. The summed E-state index contributed by atoms with van der Waals surface area (Å²) in [5, 5.41) is 5.01. The molecule has 24 heavy (non-hydrogen) atoms.